The fourth-order valence-electron chi connectivity index (χ4n) is 3.72. The van der Waals surface area contributed by atoms with Crippen molar-refractivity contribution in [3.63, 3.8) is 0 Å². The van der Waals surface area contributed by atoms with Crippen LogP contribution < -0.4 is 20.1 Å². The number of carbonyl (C=O) groups is 3. The summed E-state index contributed by atoms with van der Waals surface area (Å²) in [6.45, 7) is 3.77. The molecule has 0 aliphatic carbocycles. The molecule has 1 aliphatic heterocycles. The lowest BCUT2D eigenvalue weighted by Crippen LogP contribution is -2.38. The Balaban J connectivity index is 1.48. The van der Waals surface area contributed by atoms with Gasteiger partial charge in [0, 0.05) is 5.69 Å². The zero-order valence-corrected chi connectivity index (χ0v) is 22.3. The number of nitrogens with one attached hydrogen (secondary N) is 2. The molecule has 0 bridgehead atoms. The Morgan fingerprint density at radius 1 is 1.11 bits per heavy atom. The third kappa shape index (κ3) is 6.57. The lowest BCUT2D eigenvalue weighted by atomic mass is 10.1. The number of carbonyl (C=O) groups excluding carboxylic acids is 3. The van der Waals surface area contributed by atoms with Crippen molar-refractivity contribution in [1.29, 1.82) is 0 Å². The molecule has 1 saturated heterocycles. The van der Waals surface area contributed by atoms with E-state index in [1.165, 1.54) is 18.2 Å². The number of anilines is 1. The average molecular weight is 582 g/mol. The zero-order chi connectivity index (χ0) is 27.2. The largest absolute Gasteiger partial charge is 0.490 e. The van der Waals surface area contributed by atoms with Crippen molar-refractivity contribution in [1.82, 2.24) is 10.2 Å². The van der Waals surface area contributed by atoms with E-state index in [0.717, 1.165) is 10.5 Å². The van der Waals surface area contributed by atoms with E-state index in [1.807, 2.05) is 26.0 Å². The Kier molecular flexibility index (Phi) is 8.42. The van der Waals surface area contributed by atoms with Crippen LogP contribution in [0.3, 0.4) is 0 Å². The minimum absolute atomic E-state index is 0.0147. The predicted molar refractivity (Wildman–Crippen MR) is 144 cm³/mol. The lowest BCUT2D eigenvalue weighted by molar-refractivity contribution is -0.127. The molecule has 10 heteroatoms. The maximum absolute atomic E-state index is 13.5. The summed E-state index contributed by atoms with van der Waals surface area (Å²) in [5.74, 6) is -0.679. The molecule has 8 nitrogen and oxygen atoms in total. The third-order valence-electron chi connectivity index (χ3n) is 5.51. The van der Waals surface area contributed by atoms with Crippen LogP contribution in [0.5, 0.6) is 11.5 Å². The van der Waals surface area contributed by atoms with Gasteiger partial charge in [-0.2, -0.15) is 0 Å². The minimum Gasteiger partial charge on any atom is -0.490 e. The van der Waals surface area contributed by atoms with Gasteiger partial charge in [0.25, 0.3) is 5.91 Å². The fraction of sp³-hybridized carbons (Fsp3) is 0.179. The van der Waals surface area contributed by atoms with Crippen LogP contribution in [-0.2, 0) is 16.2 Å². The number of imide groups is 1. The Morgan fingerprint density at radius 3 is 2.58 bits per heavy atom. The Hall–Kier alpha value is -4.18. The Labute approximate surface area is 227 Å². The molecule has 3 aromatic rings. The van der Waals surface area contributed by atoms with E-state index in [4.69, 9.17) is 9.47 Å². The fourth-order valence-corrected chi connectivity index (χ4v) is 4.29. The summed E-state index contributed by atoms with van der Waals surface area (Å²) >= 11 is 3.47. The van der Waals surface area contributed by atoms with E-state index in [-0.39, 0.29) is 18.1 Å². The highest BCUT2D eigenvalue weighted by molar-refractivity contribution is 9.10. The van der Waals surface area contributed by atoms with Gasteiger partial charge < -0.3 is 20.1 Å². The summed E-state index contributed by atoms with van der Waals surface area (Å²) in [6, 6.07) is 15.9. The van der Waals surface area contributed by atoms with Crippen molar-refractivity contribution in [3.05, 3.63) is 93.3 Å². The summed E-state index contributed by atoms with van der Waals surface area (Å²) < 4.78 is 25.7. The molecule has 4 amide bonds. The minimum atomic E-state index is -0.695. The quantitative estimate of drug-likeness (QED) is 0.260. The second-order valence-corrected chi connectivity index (χ2v) is 9.33. The first-order chi connectivity index (χ1) is 18.2. The molecular formula is C28H25BrFN3O5. The monoisotopic (exact) mass is 581 g/mol. The van der Waals surface area contributed by atoms with Crippen molar-refractivity contribution in [2.45, 2.75) is 20.5 Å². The number of ether oxygens (including phenoxy) is 2. The van der Waals surface area contributed by atoms with E-state index < -0.39 is 24.4 Å². The molecule has 196 valence electrons. The first-order valence-corrected chi connectivity index (χ1v) is 12.6. The maximum Gasteiger partial charge on any atom is 0.329 e. The van der Waals surface area contributed by atoms with Crippen LogP contribution in [0.25, 0.3) is 6.08 Å². The van der Waals surface area contributed by atoms with Crippen molar-refractivity contribution in [2.24, 2.45) is 0 Å². The van der Waals surface area contributed by atoms with Gasteiger partial charge >= 0.3 is 6.03 Å². The van der Waals surface area contributed by atoms with Crippen LogP contribution in [0.2, 0.25) is 0 Å². The first-order valence-electron chi connectivity index (χ1n) is 11.8. The summed E-state index contributed by atoms with van der Waals surface area (Å²) in [5.41, 5.74) is 2.82. The van der Waals surface area contributed by atoms with E-state index in [1.54, 1.807) is 36.4 Å². The van der Waals surface area contributed by atoms with Crippen LogP contribution in [-0.4, -0.2) is 35.9 Å². The molecule has 3 aromatic carbocycles. The number of urea groups is 1. The number of halogens is 2. The second-order valence-electron chi connectivity index (χ2n) is 8.48. The summed E-state index contributed by atoms with van der Waals surface area (Å²) in [5, 5.41) is 5.19. The predicted octanol–water partition coefficient (Wildman–Crippen LogP) is 5.41. The highest BCUT2D eigenvalue weighted by Crippen LogP contribution is 2.38. The first kappa shape index (κ1) is 26.9. The van der Waals surface area contributed by atoms with Gasteiger partial charge in [-0.25, -0.2) is 14.1 Å². The number of rotatable bonds is 9. The van der Waals surface area contributed by atoms with Gasteiger partial charge in [0.1, 0.15) is 24.7 Å². The molecule has 0 spiro atoms. The third-order valence-corrected chi connectivity index (χ3v) is 6.10. The molecule has 0 radical (unpaired) electrons. The molecular weight excluding hydrogens is 557 g/mol. The van der Waals surface area contributed by atoms with E-state index in [0.29, 0.717) is 39.4 Å². The summed E-state index contributed by atoms with van der Waals surface area (Å²) in [7, 11) is 0. The normalized spacial score (nSPS) is 14.0. The molecule has 2 N–H and O–H groups in total. The molecule has 38 heavy (non-hydrogen) atoms. The topological polar surface area (TPSA) is 97.0 Å². The molecule has 0 unspecified atom stereocenters. The van der Waals surface area contributed by atoms with Crippen molar-refractivity contribution >= 4 is 45.5 Å². The van der Waals surface area contributed by atoms with Gasteiger partial charge in [-0.1, -0.05) is 29.8 Å². The summed E-state index contributed by atoms with van der Waals surface area (Å²) in [4.78, 5) is 38.6. The van der Waals surface area contributed by atoms with Gasteiger partial charge in [0.05, 0.1) is 11.1 Å². The van der Waals surface area contributed by atoms with E-state index >= 15 is 0 Å². The van der Waals surface area contributed by atoms with Gasteiger partial charge in [0.2, 0.25) is 5.91 Å². The van der Waals surface area contributed by atoms with Crippen molar-refractivity contribution in [3.8, 4) is 11.5 Å². The van der Waals surface area contributed by atoms with Gasteiger partial charge in [-0.3, -0.25) is 9.59 Å². The molecule has 0 saturated carbocycles. The SMILES string of the molecule is CCOc1cc(/C=C2/NC(=O)N(CC(=O)Nc3ccc(C)cc3)C2=O)cc(Br)c1OCc1cccc(F)c1. The molecule has 0 atom stereocenters. The van der Waals surface area contributed by atoms with Gasteiger partial charge in [-0.15, -0.1) is 0 Å². The maximum atomic E-state index is 13.5. The standard InChI is InChI=1S/C28H25BrFN3O5/c1-3-37-24-14-19(12-22(29)26(24)38-16-18-5-4-6-20(30)11-18)13-23-27(35)33(28(36)32-23)15-25(34)31-21-9-7-17(2)8-10-21/h4-14H,3,15-16H2,1-2H3,(H,31,34)(H,32,36)/b23-13+. The number of hydrogen-bond donors (Lipinski definition) is 2. The number of nitrogens with zero attached hydrogens (tertiary/aromatic N) is 1. The lowest BCUT2D eigenvalue weighted by Gasteiger charge is -2.15. The van der Waals surface area contributed by atoms with Crippen molar-refractivity contribution < 1.29 is 28.2 Å². The molecule has 0 aromatic heterocycles. The molecule has 4 rings (SSSR count). The number of hydrogen-bond acceptors (Lipinski definition) is 5. The molecule has 1 heterocycles. The van der Waals surface area contributed by atoms with Crippen LogP contribution in [0, 0.1) is 12.7 Å². The van der Waals surface area contributed by atoms with Crippen molar-refractivity contribution in [2.75, 3.05) is 18.5 Å². The van der Waals surface area contributed by atoms with Gasteiger partial charge in [0.15, 0.2) is 11.5 Å². The number of amides is 4. The van der Waals surface area contributed by atoms with Gasteiger partial charge in [-0.05, 0) is 83.4 Å². The average Bonchev–Trinajstić information content (AvgIpc) is 3.12. The van der Waals surface area contributed by atoms with E-state index in [2.05, 4.69) is 26.6 Å². The zero-order valence-electron chi connectivity index (χ0n) is 20.7. The number of benzene rings is 3. The Bertz CT molecular complexity index is 1410. The van der Waals surface area contributed by atoms with Crippen LogP contribution >= 0.6 is 15.9 Å². The summed E-state index contributed by atoms with van der Waals surface area (Å²) in [6.07, 6.45) is 1.49. The second kappa shape index (κ2) is 11.9. The Morgan fingerprint density at radius 2 is 1.87 bits per heavy atom. The highest BCUT2D eigenvalue weighted by atomic mass is 79.9. The van der Waals surface area contributed by atoms with Crippen LogP contribution in [0.1, 0.15) is 23.6 Å². The van der Waals surface area contributed by atoms with Crippen LogP contribution in [0.4, 0.5) is 14.9 Å². The van der Waals surface area contributed by atoms with E-state index in [9.17, 15) is 18.8 Å². The number of aryl methyl sites for hydroxylation is 1. The van der Waals surface area contributed by atoms with Crippen LogP contribution in [0.15, 0.2) is 70.8 Å². The molecule has 1 aliphatic rings. The smallest absolute Gasteiger partial charge is 0.329 e. The molecule has 1 fully saturated rings. The highest BCUT2D eigenvalue weighted by Gasteiger charge is 2.35.